The van der Waals surface area contributed by atoms with Crippen LogP contribution in [0.1, 0.15) is 13.3 Å². The largest absolute Gasteiger partial charge is 0.379 e. The van der Waals surface area contributed by atoms with Crippen LogP contribution in [0.2, 0.25) is 0 Å². The molecule has 0 spiro atoms. The standard InChI is InChI=1S/C10H21NO3S2/c1-3-15-16-9-8-14-7-6-13-5-4-10(12)11-2/h3-9H2,1-2H3,(H,11,12). The Morgan fingerprint density at radius 1 is 1.12 bits per heavy atom. The molecule has 0 aromatic rings. The van der Waals surface area contributed by atoms with Crippen LogP contribution < -0.4 is 5.32 Å². The van der Waals surface area contributed by atoms with E-state index >= 15 is 0 Å². The van der Waals surface area contributed by atoms with E-state index in [4.69, 9.17) is 9.47 Å². The fraction of sp³-hybridized carbons (Fsp3) is 0.900. The Labute approximate surface area is 106 Å². The first-order valence-electron chi connectivity index (χ1n) is 5.41. The molecule has 0 aliphatic carbocycles. The molecule has 0 aromatic heterocycles. The SMILES string of the molecule is CCSSCCOCCOCCC(=O)NC. The van der Waals surface area contributed by atoms with E-state index < -0.39 is 0 Å². The van der Waals surface area contributed by atoms with Crippen LogP contribution >= 0.6 is 21.6 Å². The lowest BCUT2D eigenvalue weighted by Crippen LogP contribution is -2.19. The van der Waals surface area contributed by atoms with Crippen LogP contribution in [0.3, 0.4) is 0 Å². The van der Waals surface area contributed by atoms with Crippen LogP contribution in [0.5, 0.6) is 0 Å². The molecule has 0 bridgehead atoms. The van der Waals surface area contributed by atoms with E-state index in [9.17, 15) is 4.79 Å². The van der Waals surface area contributed by atoms with Gasteiger partial charge in [0.25, 0.3) is 0 Å². The van der Waals surface area contributed by atoms with Crippen molar-refractivity contribution in [2.45, 2.75) is 13.3 Å². The topological polar surface area (TPSA) is 47.6 Å². The lowest BCUT2D eigenvalue weighted by molar-refractivity contribution is -0.121. The van der Waals surface area contributed by atoms with Gasteiger partial charge in [0.1, 0.15) is 0 Å². The Morgan fingerprint density at radius 3 is 2.44 bits per heavy atom. The van der Waals surface area contributed by atoms with Crippen LogP contribution in [-0.4, -0.2) is 50.9 Å². The molecule has 4 nitrogen and oxygen atoms in total. The second-order valence-electron chi connectivity index (χ2n) is 2.88. The number of carbonyl (C=O) groups is 1. The molecule has 0 aliphatic rings. The summed E-state index contributed by atoms with van der Waals surface area (Å²) in [6, 6.07) is 0. The zero-order valence-electron chi connectivity index (χ0n) is 9.99. The first-order chi connectivity index (χ1) is 7.81. The van der Waals surface area contributed by atoms with E-state index in [0.717, 1.165) is 18.1 Å². The summed E-state index contributed by atoms with van der Waals surface area (Å²) < 4.78 is 10.6. The third kappa shape index (κ3) is 12.2. The first kappa shape index (κ1) is 16.1. The molecular formula is C10H21NO3S2. The summed E-state index contributed by atoms with van der Waals surface area (Å²) in [6.07, 6.45) is 0.416. The number of rotatable bonds is 11. The third-order valence-electron chi connectivity index (χ3n) is 1.64. The molecular weight excluding hydrogens is 246 g/mol. The fourth-order valence-corrected chi connectivity index (χ4v) is 2.38. The van der Waals surface area contributed by atoms with Crippen LogP contribution in [0.4, 0.5) is 0 Å². The summed E-state index contributed by atoms with van der Waals surface area (Å²) in [5, 5.41) is 2.54. The summed E-state index contributed by atoms with van der Waals surface area (Å²) in [5.74, 6) is 2.15. The monoisotopic (exact) mass is 267 g/mol. The average Bonchev–Trinajstić information content (AvgIpc) is 2.31. The van der Waals surface area contributed by atoms with Crippen molar-refractivity contribution in [2.75, 3.05) is 45.0 Å². The van der Waals surface area contributed by atoms with Crippen molar-refractivity contribution in [1.82, 2.24) is 5.32 Å². The van der Waals surface area contributed by atoms with Crippen LogP contribution in [-0.2, 0) is 14.3 Å². The first-order valence-corrected chi connectivity index (χ1v) is 7.90. The maximum absolute atomic E-state index is 10.8. The highest BCUT2D eigenvalue weighted by Gasteiger charge is 1.96. The quantitative estimate of drug-likeness (QED) is 0.455. The Balaban J connectivity index is 2.96. The summed E-state index contributed by atoms with van der Waals surface area (Å²) in [5.41, 5.74) is 0. The molecule has 0 heterocycles. The highest BCUT2D eigenvalue weighted by molar-refractivity contribution is 8.76. The van der Waals surface area contributed by atoms with E-state index in [1.807, 2.05) is 21.6 Å². The van der Waals surface area contributed by atoms with Gasteiger partial charge in [-0.25, -0.2) is 0 Å². The number of hydrogen-bond donors (Lipinski definition) is 1. The molecule has 0 saturated heterocycles. The lowest BCUT2D eigenvalue weighted by Gasteiger charge is -2.05. The van der Waals surface area contributed by atoms with Crippen molar-refractivity contribution in [3.63, 3.8) is 0 Å². The number of ether oxygens (including phenoxy) is 2. The van der Waals surface area contributed by atoms with Crippen molar-refractivity contribution in [3.05, 3.63) is 0 Å². The molecule has 1 amide bonds. The van der Waals surface area contributed by atoms with Gasteiger partial charge in [-0.05, 0) is 0 Å². The Morgan fingerprint density at radius 2 is 1.81 bits per heavy atom. The Hall–Kier alpha value is 0.0900. The maximum atomic E-state index is 10.8. The maximum Gasteiger partial charge on any atom is 0.222 e. The molecule has 96 valence electrons. The van der Waals surface area contributed by atoms with Gasteiger partial charge < -0.3 is 14.8 Å². The summed E-state index contributed by atoms with van der Waals surface area (Å²) in [7, 11) is 5.30. The van der Waals surface area contributed by atoms with E-state index in [1.54, 1.807) is 7.05 Å². The Kier molecular flexibility index (Phi) is 13.2. The zero-order chi connectivity index (χ0) is 12.1. The van der Waals surface area contributed by atoms with E-state index in [1.165, 1.54) is 0 Å². The van der Waals surface area contributed by atoms with Gasteiger partial charge in [0, 0.05) is 25.0 Å². The minimum atomic E-state index is 0.00825. The van der Waals surface area contributed by atoms with Gasteiger partial charge in [-0.15, -0.1) is 0 Å². The third-order valence-corrected chi connectivity index (χ3v) is 4.08. The fourth-order valence-electron chi connectivity index (χ4n) is 0.847. The summed E-state index contributed by atoms with van der Waals surface area (Å²) in [6.45, 7) is 4.52. The molecule has 0 atom stereocenters. The molecule has 0 radical (unpaired) electrons. The molecule has 1 N–H and O–H groups in total. The molecule has 0 fully saturated rings. The van der Waals surface area contributed by atoms with Crippen LogP contribution in [0.25, 0.3) is 0 Å². The van der Waals surface area contributed by atoms with Crippen molar-refractivity contribution < 1.29 is 14.3 Å². The van der Waals surface area contributed by atoms with E-state index in [-0.39, 0.29) is 5.91 Å². The highest BCUT2D eigenvalue weighted by atomic mass is 33.1. The van der Waals surface area contributed by atoms with Crippen molar-refractivity contribution in [1.29, 1.82) is 0 Å². The molecule has 0 aliphatic heterocycles. The Bertz CT molecular complexity index is 170. The van der Waals surface area contributed by atoms with Crippen molar-refractivity contribution >= 4 is 27.5 Å². The minimum Gasteiger partial charge on any atom is -0.379 e. The normalized spacial score (nSPS) is 10.4. The van der Waals surface area contributed by atoms with Crippen molar-refractivity contribution in [2.24, 2.45) is 0 Å². The van der Waals surface area contributed by atoms with Crippen molar-refractivity contribution in [3.8, 4) is 0 Å². The number of amides is 1. The second-order valence-corrected chi connectivity index (χ2v) is 5.75. The van der Waals surface area contributed by atoms with E-state index in [2.05, 4.69) is 12.2 Å². The van der Waals surface area contributed by atoms with Crippen LogP contribution in [0, 0.1) is 0 Å². The van der Waals surface area contributed by atoms with Gasteiger partial charge in [-0.2, -0.15) is 0 Å². The predicted molar refractivity (Wildman–Crippen MR) is 70.9 cm³/mol. The molecule has 6 heteroatoms. The minimum absolute atomic E-state index is 0.00825. The molecule has 16 heavy (non-hydrogen) atoms. The predicted octanol–water partition coefficient (Wildman–Crippen LogP) is 1.56. The van der Waals surface area contributed by atoms with E-state index in [0.29, 0.717) is 26.2 Å². The van der Waals surface area contributed by atoms with Gasteiger partial charge >= 0.3 is 0 Å². The number of carbonyl (C=O) groups excluding carboxylic acids is 1. The number of nitrogens with one attached hydrogen (secondary N) is 1. The summed E-state index contributed by atoms with van der Waals surface area (Å²) in [4.78, 5) is 10.8. The van der Waals surface area contributed by atoms with Gasteiger partial charge in [-0.1, -0.05) is 28.5 Å². The molecule has 0 rings (SSSR count). The lowest BCUT2D eigenvalue weighted by atomic mass is 10.4. The molecule has 0 aromatic carbocycles. The highest BCUT2D eigenvalue weighted by Crippen LogP contribution is 2.19. The smallest absolute Gasteiger partial charge is 0.222 e. The van der Waals surface area contributed by atoms with Crippen LogP contribution in [0.15, 0.2) is 0 Å². The molecule has 0 saturated carbocycles. The molecule has 0 unspecified atom stereocenters. The summed E-state index contributed by atoms with van der Waals surface area (Å²) >= 11 is 0. The van der Waals surface area contributed by atoms with Gasteiger partial charge in [0.05, 0.1) is 26.4 Å². The zero-order valence-corrected chi connectivity index (χ0v) is 11.6. The van der Waals surface area contributed by atoms with Gasteiger partial charge in [0.15, 0.2) is 0 Å². The average molecular weight is 267 g/mol. The van der Waals surface area contributed by atoms with Gasteiger partial charge in [-0.3, -0.25) is 4.79 Å². The number of hydrogen-bond acceptors (Lipinski definition) is 5. The second kappa shape index (κ2) is 13.2. The van der Waals surface area contributed by atoms with Gasteiger partial charge in [0.2, 0.25) is 5.91 Å².